The van der Waals surface area contributed by atoms with Crippen molar-refractivity contribution in [1.82, 2.24) is 19.7 Å². The molecule has 0 fully saturated rings. The summed E-state index contributed by atoms with van der Waals surface area (Å²) in [7, 11) is 1.82. The summed E-state index contributed by atoms with van der Waals surface area (Å²) in [5.74, 6) is 0. The van der Waals surface area contributed by atoms with Crippen molar-refractivity contribution in [2.45, 2.75) is 6.92 Å². The van der Waals surface area contributed by atoms with E-state index in [4.69, 9.17) is 23.2 Å². The summed E-state index contributed by atoms with van der Waals surface area (Å²) in [6.07, 6.45) is 0. The third kappa shape index (κ3) is 1.26. The Morgan fingerprint density at radius 3 is 2.54 bits per heavy atom. The van der Waals surface area contributed by atoms with E-state index < -0.39 is 0 Å². The molecule has 0 bridgehead atoms. The molecule has 0 saturated heterocycles. The van der Waals surface area contributed by atoms with Crippen LogP contribution >= 0.6 is 23.2 Å². The first-order chi connectivity index (χ1) is 6.09. The van der Waals surface area contributed by atoms with Crippen LogP contribution in [0.5, 0.6) is 0 Å². The first kappa shape index (κ1) is 8.72. The van der Waals surface area contributed by atoms with Crippen LogP contribution in [-0.2, 0) is 7.05 Å². The molecule has 0 amide bonds. The average molecular weight is 217 g/mol. The Balaban J connectivity index is 2.94. The molecule has 2 aromatic rings. The van der Waals surface area contributed by atoms with Crippen LogP contribution in [0.15, 0.2) is 0 Å². The molecule has 68 valence electrons. The van der Waals surface area contributed by atoms with Crippen molar-refractivity contribution < 1.29 is 0 Å². The van der Waals surface area contributed by atoms with Crippen molar-refractivity contribution in [2.24, 2.45) is 7.05 Å². The van der Waals surface area contributed by atoms with Gasteiger partial charge in [-0.05, 0) is 18.5 Å². The third-order valence-corrected chi connectivity index (χ3v) is 2.32. The van der Waals surface area contributed by atoms with Gasteiger partial charge in [0.25, 0.3) is 0 Å². The number of aromatic nitrogens is 4. The van der Waals surface area contributed by atoms with Crippen LogP contribution < -0.4 is 0 Å². The molecular weight excluding hydrogens is 211 g/mol. The van der Waals surface area contributed by atoms with E-state index in [1.165, 1.54) is 0 Å². The van der Waals surface area contributed by atoms with E-state index in [0.29, 0.717) is 16.2 Å². The van der Waals surface area contributed by atoms with Gasteiger partial charge in [0.05, 0.1) is 5.69 Å². The molecule has 0 aliphatic rings. The summed E-state index contributed by atoms with van der Waals surface area (Å²) in [5.41, 5.74) is 2.21. The lowest BCUT2D eigenvalue weighted by molar-refractivity contribution is 0.750. The lowest BCUT2D eigenvalue weighted by atomic mass is 10.4. The molecule has 0 saturated carbocycles. The molecule has 0 spiro atoms. The van der Waals surface area contributed by atoms with Crippen LogP contribution in [0.2, 0.25) is 10.4 Å². The topological polar surface area (TPSA) is 43.6 Å². The Morgan fingerprint density at radius 2 is 1.85 bits per heavy atom. The predicted molar refractivity (Wildman–Crippen MR) is 51.1 cm³/mol. The monoisotopic (exact) mass is 216 g/mol. The van der Waals surface area contributed by atoms with Crippen LogP contribution in [-0.4, -0.2) is 19.7 Å². The molecule has 2 aromatic heterocycles. The maximum atomic E-state index is 5.84. The zero-order valence-corrected chi connectivity index (χ0v) is 8.56. The molecular formula is C7H6Cl2N4. The minimum absolute atomic E-state index is 0.147. The fraction of sp³-hybridized carbons (Fsp3) is 0.286. The molecule has 0 atom stereocenters. The number of hydrogen-bond acceptors (Lipinski definition) is 3. The molecule has 6 heteroatoms. The maximum absolute atomic E-state index is 5.84. The summed E-state index contributed by atoms with van der Waals surface area (Å²) in [6.45, 7) is 1.90. The summed E-state index contributed by atoms with van der Waals surface area (Å²) in [4.78, 5) is 7.84. The van der Waals surface area contributed by atoms with Crippen molar-refractivity contribution in [3.05, 3.63) is 16.1 Å². The van der Waals surface area contributed by atoms with Gasteiger partial charge in [0.15, 0.2) is 5.15 Å². The molecule has 0 N–H and O–H groups in total. The van der Waals surface area contributed by atoms with Gasteiger partial charge in [-0.2, -0.15) is 5.10 Å². The fourth-order valence-electron chi connectivity index (χ4n) is 1.12. The van der Waals surface area contributed by atoms with Crippen molar-refractivity contribution in [3.63, 3.8) is 0 Å². The largest absolute Gasteiger partial charge is 0.270 e. The van der Waals surface area contributed by atoms with E-state index in [2.05, 4.69) is 15.1 Å². The van der Waals surface area contributed by atoms with Crippen molar-refractivity contribution in [2.75, 3.05) is 0 Å². The number of aryl methyl sites for hydroxylation is 2. The number of halogens is 2. The first-order valence-corrected chi connectivity index (χ1v) is 4.37. The number of nitrogens with zero attached hydrogens (tertiary/aromatic N) is 4. The fourth-order valence-corrected chi connectivity index (χ4v) is 1.54. The summed E-state index contributed by atoms with van der Waals surface area (Å²) >= 11 is 11.5. The normalized spacial score (nSPS) is 11.1. The maximum Gasteiger partial charge on any atom is 0.224 e. The van der Waals surface area contributed by atoms with Crippen LogP contribution in [0, 0.1) is 6.92 Å². The summed E-state index contributed by atoms with van der Waals surface area (Å²) in [5, 5.41) is 4.59. The number of fused-ring (bicyclic) bond motifs is 1. The van der Waals surface area contributed by atoms with Gasteiger partial charge in [0, 0.05) is 7.05 Å². The highest BCUT2D eigenvalue weighted by Crippen LogP contribution is 2.22. The Hall–Kier alpha value is -0.870. The highest BCUT2D eigenvalue weighted by atomic mass is 35.5. The Morgan fingerprint density at radius 1 is 1.15 bits per heavy atom. The van der Waals surface area contributed by atoms with Crippen molar-refractivity contribution >= 4 is 34.2 Å². The van der Waals surface area contributed by atoms with E-state index in [1.54, 1.807) is 4.68 Å². The van der Waals surface area contributed by atoms with Gasteiger partial charge < -0.3 is 0 Å². The molecule has 0 aromatic carbocycles. The third-order valence-electron chi connectivity index (χ3n) is 1.89. The second kappa shape index (κ2) is 2.82. The van der Waals surface area contributed by atoms with Gasteiger partial charge in [-0.1, -0.05) is 11.6 Å². The molecule has 0 aliphatic heterocycles. The molecule has 0 radical (unpaired) electrons. The summed E-state index contributed by atoms with van der Waals surface area (Å²) in [6, 6.07) is 0. The second-order valence-electron chi connectivity index (χ2n) is 2.69. The Bertz CT molecular complexity index is 477. The Labute approximate surface area is 84.5 Å². The minimum atomic E-state index is 0.147. The minimum Gasteiger partial charge on any atom is -0.270 e. The zero-order chi connectivity index (χ0) is 9.59. The first-order valence-electron chi connectivity index (χ1n) is 3.62. The van der Waals surface area contributed by atoms with Crippen LogP contribution in [0.25, 0.3) is 11.0 Å². The standard InChI is InChI=1S/C7H6Cl2N4/c1-3-4-5(12-13(3)2)6(8)11-7(9)10-4/h1-2H3. The van der Waals surface area contributed by atoms with Crippen LogP contribution in [0.3, 0.4) is 0 Å². The van der Waals surface area contributed by atoms with Gasteiger partial charge in [-0.15, -0.1) is 0 Å². The van der Waals surface area contributed by atoms with Crippen LogP contribution in [0.4, 0.5) is 0 Å². The highest BCUT2D eigenvalue weighted by Gasteiger charge is 2.11. The van der Waals surface area contributed by atoms with Gasteiger partial charge in [-0.25, -0.2) is 9.97 Å². The molecule has 0 unspecified atom stereocenters. The van der Waals surface area contributed by atoms with E-state index in [-0.39, 0.29) is 5.28 Å². The van der Waals surface area contributed by atoms with E-state index in [0.717, 1.165) is 5.69 Å². The lowest BCUT2D eigenvalue weighted by Crippen LogP contribution is -1.91. The zero-order valence-electron chi connectivity index (χ0n) is 7.04. The van der Waals surface area contributed by atoms with E-state index in [1.807, 2.05) is 14.0 Å². The predicted octanol–water partition coefficient (Wildman–Crippen LogP) is 1.98. The van der Waals surface area contributed by atoms with Gasteiger partial charge >= 0.3 is 0 Å². The molecule has 13 heavy (non-hydrogen) atoms. The quantitative estimate of drug-likeness (QED) is 0.500. The second-order valence-corrected chi connectivity index (χ2v) is 3.39. The molecule has 0 aliphatic carbocycles. The van der Waals surface area contributed by atoms with Gasteiger partial charge in [0.2, 0.25) is 5.28 Å². The van der Waals surface area contributed by atoms with Crippen LogP contribution in [0.1, 0.15) is 5.69 Å². The van der Waals surface area contributed by atoms with E-state index in [9.17, 15) is 0 Å². The number of hydrogen-bond donors (Lipinski definition) is 0. The number of rotatable bonds is 0. The van der Waals surface area contributed by atoms with Crippen molar-refractivity contribution in [1.29, 1.82) is 0 Å². The molecule has 2 heterocycles. The molecule has 2 rings (SSSR count). The van der Waals surface area contributed by atoms with Crippen molar-refractivity contribution in [3.8, 4) is 0 Å². The van der Waals surface area contributed by atoms with E-state index >= 15 is 0 Å². The highest BCUT2D eigenvalue weighted by molar-refractivity contribution is 6.35. The average Bonchev–Trinajstić information content (AvgIpc) is 2.32. The smallest absolute Gasteiger partial charge is 0.224 e. The Kier molecular flexibility index (Phi) is 1.89. The molecule has 4 nitrogen and oxygen atoms in total. The SMILES string of the molecule is Cc1c2nc(Cl)nc(Cl)c2nn1C. The van der Waals surface area contributed by atoms with Gasteiger partial charge in [0.1, 0.15) is 11.0 Å². The summed E-state index contributed by atoms with van der Waals surface area (Å²) < 4.78 is 1.70. The lowest BCUT2D eigenvalue weighted by Gasteiger charge is -1.92. The van der Waals surface area contributed by atoms with Gasteiger partial charge in [-0.3, -0.25) is 4.68 Å².